The van der Waals surface area contributed by atoms with Gasteiger partial charge in [0.15, 0.2) is 0 Å². The van der Waals surface area contributed by atoms with Crippen molar-refractivity contribution in [2.75, 3.05) is 20.3 Å². The number of hydrogen-bond donors (Lipinski definition) is 2. The highest BCUT2D eigenvalue weighted by Gasteiger charge is 2.41. The molecule has 17 heavy (non-hydrogen) atoms. The molecule has 1 rings (SSSR count). The Kier molecular flexibility index (Phi) is 4.26. The zero-order chi connectivity index (χ0) is 14.6. The maximum Gasteiger partial charge on any atom is 0.217 e. The van der Waals surface area contributed by atoms with Gasteiger partial charge < -0.3 is 19.9 Å². The number of rotatable bonds is 4. The number of carbonyl (C=O) groups excluding carboxylic acids is 1. The minimum absolute atomic E-state index is 0.0957. The maximum absolute atomic E-state index is 11.2. The van der Waals surface area contributed by atoms with Crippen LogP contribution in [0.15, 0.2) is 0 Å². The fraction of sp³-hybridized carbons (Fsp3) is 0.917. The van der Waals surface area contributed by atoms with E-state index < -0.39 is 13.2 Å². The van der Waals surface area contributed by atoms with Crippen molar-refractivity contribution in [1.29, 1.82) is 0 Å². The van der Waals surface area contributed by atoms with Crippen molar-refractivity contribution >= 4 is 5.91 Å². The Morgan fingerprint density at radius 3 is 2.82 bits per heavy atom. The summed E-state index contributed by atoms with van der Waals surface area (Å²) in [5, 5.41) is 12.2. The number of methoxy groups -OCH3 is 1. The lowest BCUT2D eigenvalue weighted by Gasteiger charge is -2.44. The van der Waals surface area contributed by atoms with Crippen LogP contribution in [0.3, 0.4) is 0 Å². The van der Waals surface area contributed by atoms with Gasteiger partial charge in [0.05, 0.1) is 28.1 Å². The predicted octanol–water partition coefficient (Wildman–Crippen LogP) is 0.169. The molecule has 100 valence electrons. The zero-order valence-electron chi connectivity index (χ0n) is 12.6. The average Bonchev–Trinajstić information content (AvgIpc) is 2.33. The van der Waals surface area contributed by atoms with E-state index in [9.17, 15) is 9.90 Å². The summed E-state index contributed by atoms with van der Waals surface area (Å²) >= 11 is 0. The smallest absolute Gasteiger partial charge is 0.217 e. The minimum Gasteiger partial charge on any atom is -0.394 e. The van der Waals surface area contributed by atoms with Crippen LogP contribution in [0.4, 0.5) is 0 Å². The van der Waals surface area contributed by atoms with Crippen LogP contribution in [0.2, 0.25) is 0 Å². The SMILES string of the molecule is [2H]C([3H])OC[C@H]1O[C@@H](CO)[C@H](NC(C)=O)[C@@H](C)[C@H]1C. The number of ether oxygens (including phenoxy) is 2. The molecule has 0 aromatic rings. The summed E-state index contributed by atoms with van der Waals surface area (Å²) in [5.74, 6) is 0.0508. The summed E-state index contributed by atoms with van der Waals surface area (Å²) in [7, 11) is -1.34. The normalized spacial score (nSPS) is 41.3. The minimum atomic E-state index is -1.34. The van der Waals surface area contributed by atoms with Gasteiger partial charge >= 0.3 is 0 Å². The third kappa shape index (κ3) is 3.40. The van der Waals surface area contributed by atoms with Gasteiger partial charge in [-0.3, -0.25) is 4.79 Å². The largest absolute Gasteiger partial charge is 0.394 e. The number of amides is 1. The topological polar surface area (TPSA) is 67.8 Å². The monoisotopic (exact) mass is 248 g/mol. The molecular formula is C12H23NO4. The molecule has 0 saturated carbocycles. The van der Waals surface area contributed by atoms with Gasteiger partial charge in [-0.2, -0.15) is 0 Å². The van der Waals surface area contributed by atoms with Crippen LogP contribution in [-0.4, -0.2) is 49.5 Å². The second-order valence-electron chi connectivity index (χ2n) is 4.67. The van der Waals surface area contributed by atoms with E-state index in [4.69, 9.17) is 12.2 Å². The fourth-order valence-electron chi connectivity index (χ4n) is 2.34. The number of nitrogens with one attached hydrogen (secondary N) is 1. The second-order valence-corrected chi connectivity index (χ2v) is 4.67. The van der Waals surface area contributed by atoms with Crippen LogP contribution in [0.25, 0.3) is 0 Å². The van der Waals surface area contributed by atoms with E-state index in [2.05, 4.69) is 5.32 Å². The van der Waals surface area contributed by atoms with Crippen molar-refractivity contribution in [2.24, 2.45) is 11.8 Å². The van der Waals surface area contributed by atoms with Crippen molar-refractivity contribution in [3.63, 3.8) is 0 Å². The molecule has 1 amide bonds. The van der Waals surface area contributed by atoms with Gasteiger partial charge in [-0.1, -0.05) is 13.8 Å². The molecule has 5 nitrogen and oxygen atoms in total. The maximum atomic E-state index is 11.2. The predicted molar refractivity (Wildman–Crippen MR) is 63.6 cm³/mol. The van der Waals surface area contributed by atoms with Gasteiger partial charge in [-0.05, 0) is 11.8 Å². The first-order valence-electron chi connectivity index (χ1n) is 7.01. The molecule has 5 heteroatoms. The Bertz CT molecular complexity index is 301. The number of aliphatic hydroxyl groups is 1. The molecule has 6 atom stereocenters. The van der Waals surface area contributed by atoms with E-state index in [0.717, 1.165) is 0 Å². The third-order valence-electron chi connectivity index (χ3n) is 3.54. The lowest BCUT2D eigenvalue weighted by atomic mass is 9.80. The van der Waals surface area contributed by atoms with Crippen molar-refractivity contribution in [1.82, 2.24) is 5.32 Å². The van der Waals surface area contributed by atoms with E-state index in [1.54, 1.807) is 0 Å². The molecule has 1 saturated heterocycles. The Morgan fingerprint density at radius 1 is 1.59 bits per heavy atom. The van der Waals surface area contributed by atoms with Crippen LogP contribution in [0.1, 0.15) is 23.5 Å². The summed E-state index contributed by atoms with van der Waals surface area (Å²) in [6.07, 6.45) is -0.769. The molecule has 1 aliphatic heterocycles. The Labute approximate surface area is 105 Å². The third-order valence-corrected chi connectivity index (χ3v) is 3.54. The van der Waals surface area contributed by atoms with Crippen LogP contribution in [0, 0.1) is 11.8 Å². The van der Waals surface area contributed by atoms with Gasteiger partial charge in [-0.25, -0.2) is 0 Å². The molecule has 0 aliphatic carbocycles. The molecule has 2 N–H and O–H groups in total. The fourth-order valence-corrected chi connectivity index (χ4v) is 2.34. The highest BCUT2D eigenvalue weighted by atomic mass is 16.5. The Hall–Kier alpha value is -0.650. The van der Waals surface area contributed by atoms with Crippen LogP contribution >= 0.6 is 0 Å². The van der Waals surface area contributed by atoms with Gasteiger partial charge in [0.25, 0.3) is 0 Å². The van der Waals surface area contributed by atoms with Gasteiger partial charge in [0, 0.05) is 14.0 Å². The van der Waals surface area contributed by atoms with Crippen molar-refractivity contribution in [3.05, 3.63) is 0 Å². The molecule has 0 radical (unpaired) electrons. The van der Waals surface area contributed by atoms with Gasteiger partial charge in [-0.15, -0.1) is 0 Å². The molecule has 0 bridgehead atoms. The number of aliphatic hydroxyl groups excluding tert-OH is 1. The van der Waals surface area contributed by atoms with Crippen LogP contribution in [-0.2, 0) is 14.3 Å². The molecule has 1 heterocycles. The van der Waals surface area contributed by atoms with Gasteiger partial charge in [0.2, 0.25) is 5.91 Å². The number of hydrogen-bond acceptors (Lipinski definition) is 4. The quantitative estimate of drug-likeness (QED) is 0.744. The highest BCUT2D eigenvalue weighted by Crippen LogP contribution is 2.30. The summed E-state index contributed by atoms with van der Waals surface area (Å²) in [6, 6.07) is -0.239. The van der Waals surface area contributed by atoms with Crippen LogP contribution < -0.4 is 5.32 Å². The molecule has 1 fully saturated rings. The molecular weight excluding hydrogens is 222 g/mol. The lowest BCUT2D eigenvalue weighted by molar-refractivity contribution is -0.157. The second kappa shape index (κ2) is 6.33. The molecule has 0 spiro atoms. The summed E-state index contributed by atoms with van der Waals surface area (Å²) in [6.45, 7) is 5.36. The highest BCUT2D eigenvalue weighted by molar-refractivity contribution is 5.73. The van der Waals surface area contributed by atoms with E-state index in [1.165, 1.54) is 6.92 Å². The van der Waals surface area contributed by atoms with Crippen LogP contribution in [0.5, 0.6) is 0 Å². The molecule has 1 aliphatic rings. The average molecular weight is 248 g/mol. The van der Waals surface area contributed by atoms with Crippen molar-refractivity contribution in [2.45, 2.75) is 39.0 Å². The standard InChI is InChI=1S/C12H23NO4/c1-7-8(2)12(13-9(3)15)10(5-14)17-11(7)6-16-4/h7-8,10-12,14H,5-6H2,1-4H3,(H,13,15)/t7-,8+,10+,11-,12-/m1/s1/i4TD/t4?,7-,8+,10+,11-,12-. The lowest BCUT2D eigenvalue weighted by Crippen LogP contribution is -2.58. The van der Waals surface area contributed by atoms with E-state index in [0.29, 0.717) is 0 Å². The van der Waals surface area contributed by atoms with E-state index in [1.807, 2.05) is 13.8 Å². The molecule has 0 aromatic heterocycles. The first-order chi connectivity index (χ1) is 8.86. The van der Waals surface area contributed by atoms with E-state index >= 15 is 0 Å². The Balaban J connectivity index is 2.70. The van der Waals surface area contributed by atoms with E-state index in [-0.39, 0.29) is 43.1 Å². The summed E-state index contributed by atoms with van der Waals surface area (Å²) < 4.78 is 24.7. The van der Waals surface area contributed by atoms with Gasteiger partial charge in [0.1, 0.15) is 6.10 Å². The van der Waals surface area contributed by atoms with Crippen molar-refractivity contribution in [3.8, 4) is 0 Å². The summed E-state index contributed by atoms with van der Waals surface area (Å²) in [4.78, 5) is 11.2. The molecule has 1 unspecified atom stereocenters. The Morgan fingerprint density at radius 2 is 2.29 bits per heavy atom. The summed E-state index contributed by atoms with van der Waals surface area (Å²) in [5.41, 5.74) is 0. The zero-order valence-corrected chi connectivity index (χ0v) is 10.6. The first-order valence-corrected chi connectivity index (χ1v) is 5.86. The number of carbonyl (C=O) groups is 1. The van der Waals surface area contributed by atoms with Crippen molar-refractivity contribution < 1.29 is 22.1 Å². The first kappa shape index (κ1) is 11.4. The molecule has 0 aromatic carbocycles.